The zero-order chi connectivity index (χ0) is 13.5. The highest BCUT2D eigenvalue weighted by molar-refractivity contribution is 5.27. The van der Waals surface area contributed by atoms with Gasteiger partial charge < -0.3 is 9.84 Å². The Balaban J connectivity index is 1.82. The molecule has 1 aromatic carbocycles. The first-order valence-corrected chi connectivity index (χ1v) is 7.31. The summed E-state index contributed by atoms with van der Waals surface area (Å²) in [6.45, 7) is 2.42. The van der Waals surface area contributed by atoms with Crippen LogP contribution in [-0.4, -0.2) is 42.9 Å². The lowest BCUT2D eigenvalue weighted by Gasteiger charge is -2.37. The zero-order valence-electron chi connectivity index (χ0n) is 11.8. The third-order valence-electron chi connectivity index (χ3n) is 4.04. The highest BCUT2D eigenvalue weighted by Crippen LogP contribution is 2.25. The molecule has 0 unspecified atom stereocenters. The molecule has 19 heavy (non-hydrogen) atoms. The second-order valence-electron chi connectivity index (χ2n) is 5.30. The molecule has 0 aliphatic heterocycles. The molecule has 0 spiro atoms. The lowest BCUT2D eigenvalue weighted by Crippen LogP contribution is -2.42. The fourth-order valence-corrected chi connectivity index (χ4v) is 2.57. The van der Waals surface area contributed by atoms with Crippen molar-refractivity contribution in [1.82, 2.24) is 4.90 Å². The van der Waals surface area contributed by atoms with E-state index >= 15 is 0 Å². The van der Waals surface area contributed by atoms with E-state index in [4.69, 9.17) is 9.84 Å². The van der Waals surface area contributed by atoms with Gasteiger partial charge in [0.2, 0.25) is 0 Å². The van der Waals surface area contributed by atoms with E-state index in [9.17, 15) is 0 Å². The Morgan fingerprint density at radius 3 is 2.47 bits per heavy atom. The van der Waals surface area contributed by atoms with Gasteiger partial charge in [0.15, 0.2) is 0 Å². The van der Waals surface area contributed by atoms with Crippen molar-refractivity contribution >= 4 is 0 Å². The molecule has 0 heterocycles. The lowest BCUT2D eigenvalue weighted by atomic mass is 9.91. The van der Waals surface area contributed by atoms with Crippen LogP contribution in [0.25, 0.3) is 0 Å². The molecule has 3 heteroatoms. The molecule has 0 radical (unpaired) electrons. The number of aliphatic hydroxyl groups excluding tert-OH is 1. The van der Waals surface area contributed by atoms with Crippen LogP contribution in [0.2, 0.25) is 0 Å². The molecular formula is C16H25NO2. The third kappa shape index (κ3) is 4.22. The smallest absolute Gasteiger partial charge is 0.118 e. The average Bonchev–Trinajstić information content (AvgIpc) is 2.40. The largest absolute Gasteiger partial charge is 0.497 e. The molecule has 1 N–H and O–H groups in total. The molecule has 0 aromatic heterocycles. The number of hydrogen-bond acceptors (Lipinski definition) is 3. The third-order valence-corrected chi connectivity index (χ3v) is 4.04. The summed E-state index contributed by atoms with van der Waals surface area (Å²) in [4.78, 5) is 2.55. The molecule has 1 fully saturated rings. The van der Waals surface area contributed by atoms with Gasteiger partial charge in [-0.2, -0.15) is 0 Å². The SMILES string of the molecule is COc1ccc(CCN(CCCO)C2CCC2)cc1. The zero-order valence-corrected chi connectivity index (χ0v) is 11.8. The van der Waals surface area contributed by atoms with E-state index in [1.54, 1.807) is 7.11 Å². The maximum absolute atomic E-state index is 8.99. The summed E-state index contributed by atoms with van der Waals surface area (Å²) in [6, 6.07) is 9.09. The fraction of sp³-hybridized carbons (Fsp3) is 0.625. The molecule has 0 saturated heterocycles. The summed E-state index contributed by atoms with van der Waals surface area (Å²) in [5.74, 6) is 0.917. The Bertz CT molecular complexity index is 360. The van der Waals surface area contributed by atoms with Crippen LogP contribution in [0.3, 0.4) is 0 Å². The number of hydrogen-bond donors (Lipinski definition) is 1. The van der Waals surface area contributed by atoms with Crippen molar-refractivity contribution in [1.29, 1.82) is 0 Å². The second-order valence-corrected chi connectivity index (χ2v) is 5.30. The molecule has 1 aliphatic carbocycles. The van der Waals surface area contributed by atoms with Crippen molar-refractivity contribution < 1.29 is 9.84 Å². The first kappa shape index (κ1) is 14.4. The van der Waals surface area contributed by atoms with Gasteiger partial charge in [0, 0.05) is 25.7 Å². The van der Waals surface area contributed by atoms with Gasteiger partial charge in [-0.3, -0.25) is 4.90 Å². The average molecular weight is 263 g/mol. The number of methoxy groups -OCH3 is 1. The van der Waals surface area contributed by atoms with Gasteiger partial charge in [-0.25, -0.2) is 0 Å². The summed E-state index contributed by atoms with van der Waals surface area (Å²) >= 11 is 0. The van der Waals surface area contributed by atoms with Crippen LogP contribution in [0.5, 0.6) is 5.75 Å². The Hall–Kier alpha value is -1.06. The normalized spacial score (nSPS) is 15.5. The predicted molar refractivity (Wildman–Crippen MR) is 77.6 cm³/mol. The minimum absolute atomic E-state index is 0.297. The molecule has 3 nitrogen and oxygen atoms in total. The Kier molecular flexibility index (Phi) is 5.67. The minimum atomic E-state index is 0.297. The molecule has 0 atom stereocenters. The molecule has 2 rings (SSSR count). The summed E-state index contributed by atoms with van der Waals surface area (Å²) in [5.41, 5.74) is 1.36. The van der Waals surface area contributed by atoms with Gasteiger partial charge in [0.25, 0.3) is 0 Å². The first-order chi connectivity index (χ1) is 9.33. The highest BCUT2D eigenvalue weighted by atomic mass is 16.5. The molecule has 106 valence electrons. The second kappa shape index (κ2) is 7.51. The number of rotatable bonds is 8. The fourth-order valence-electron chi connectivity index (χ4n) is 2.57. The molecule has 0 amide bonds. The van der Waals surface area contributed by atoms with Crippen LogP contribution < -0.4 is 4.74 Å². The van der Waals surface area contributed by atoms with Crippen LogP contribution in [-0.2, 0) is 6.42 Å². The summed E-state index contributed by atoms with van der Waals surface area (Å²) < 4.78 is 5.17. The molecule has 1 saturated carbocycles. The van der Waals surface area contributed by atoms with Crippen LogP contribution in [0.15, 0.2) is 24.3 Å². The summed E-state index contributed by atoms with van der Waals surface area (Å²) in [6.07, 6.45) is 5.98. The van der Waals surface area contributed by atoms with Gasteiger partial charge in [0.1, 0.15) is 5.75 Å². The Morgan fingerprint density at radius 1 is 1.21 bits per heavy atom. The Labute approximate surface area is 116 Å². The van der Waals surface area contributed by atoms with Crippen molar-refractivity contribution in [2.75, 3.05) is 26.8 Å². The lowest BCUT2D eigenvalue weighted by molar-refractivity contribution is 0.118. The van der Waals surface area contributed by atoms with Crippen LogP contribution in [0, 0.1) is 0 Å². The van der Waals surface area contributed by atoms with Gasteiger partial charge in [-0.05, 0) is 43.4 Å². The molecule has 1 aliphatic rings. The monoisotopic (exact) mass is 263 g/mol. The van der Waals surface area contributed by atoms with Crippen LogP contribution in [0.1, 0.15) is 31.2 Å². The van der Waals surface area contributed by atoms with Crippen molar-refractivity contribution in [2.24, 2.45) is 0 Å². The van der Waals surface area contributed by atoms with E-state index in [2.05, 4.69) is 17.0 Å². The number of ether oxygens (including phenoxy) is 1. The van der Waals surface area contributed by atoms with Crippen molar-refractivity contribution in [2.45, 2.75) is 38.1 Å². The maximum atomic E-state index is 8.99. The predicted octanol–water partition coefficient (Wildman–Crippen LogP) is 2.47. The highest BCUT2D eigenvalue weighted by Gasteiger charge is 2.23. The molecular weight excluding hydrogens is 238 g/mol. The summed E-state index contributed by atoms with van der Waals surface area (Å²) in [7, 11) is 1.70. The van der Waals surface area contributed by atoms with E-state index < -0.39 is 0 Å². The van der Waals surface area contributed by atoms with Crippen LogP contribution in [0.4, 0.5) is 0 Å². The van der Waals surface area contributed by atoms with E-state index in [0.717, 1.165) is 37.7 Å². The van der Waals surface area contributed by atoms with Crippen molar-refractivity contribution in [3.8, 4) is 5.75 Å². The Morgan fingerprint density at radius 2 is 1.95 bits per heavy atom. The number of aliphatic hydroxyl groups is 1. The topological polar surface area (TPSA) is 32.7 Å². The van der Waals surface area contributed by atoms with Gasteiger partial charge >= 0.3 is 0 Å². The van der Waals surface area contributed by atoms with Crippen molar-refractivity contribution in [3.05, 3.63) is 29.8 Å². The molecule has 0 bridgehead atoms. The van der Waals surface area contributed by atoms with Gasteiger partial charge in [-0.15, -0.1) is 0 Å². The number of nitrogens with zero attached hydrogens (tertiary/aromatic N) is 1. The maximum Gasteiger partial charge on any atom is 0.118 e. The van der Waals surface area contributed by atoms with Crippen molar-refractivity contribution in [3.63, 3.8) is 0 Å². The minimum Gasteiger partial charge on any atom is -0.497 e. The number of benzene rings is 1. The first-order valence-electron chi connectivity index (χ1n) is 7.31. The van der Waals surface area contributed by atoms with Crippen LogP contribution >= 0.6 is 0 Å². The van der Waals surface area contributed by atoms with E-state index in [1.807, 2.05) is 12.1 Å². The van der Waals surface area contributed by atoms with Gasteiger partial charge in [0.05, 0.1) is 7.11 Å². The standard InChI is InChI=1S/C16H25NO2/c1-19-16-8-6-14(7-9-16)10-12-17(11-3-13-18)15-4-2-5-15/h6-9,15,18H,2-5,10-13H2,1H3. The summed E-state index contributed by atoms with van der Waals surface area (Å²) in [5, 5.41) is 8.99. The van der Waals surface area contributed by atoms with E-state index in [-0.39, 0.29) is 0 Å². The molecule has 1 aromatic rings. The quantitative estimate of drug-likeness (QED) is 0.782. The van der Waals surface area contributed by atoms with E-state index in [1.165, 1.54) is 24.8 Å². The van der Waals surface area contributed by atoms with Gasteiger partial charge in [-0.1, -0.05) is 18.6 Å². The van der Waals surface area contributed by atoms with E-state index in [0.29, 0.717) is 6.61 Å².